The Labute approximate surface area is 207 Å². The van der Waals surface area contributed by atoms with Crippen molar-refractivity contribution < 1.29 is 13.2 Å². The number of rotatable bonds is 8. The maximum atomic E-state index is 12.9. The van der Waals surface area contributed by atoms with Crippen LogP contribution in [-0.2, 0) is 10.0 Å². The average Bonchev–Trinajstić information content (AvgIpc) is 3.32. The lowest BCUT2D eigenvalue weighted by atomic mass is 9.89. The molecule has 4 aromatic rings. The molecule has 0 aliphatic carbocycles. The lowest BCUT2D eigenvalue weighted by Gasteiger charge is -2.31. The molecule has 1 fully saturated rings. The first-order chi connectivity index (χ1) is 17.0. The van der Waals surface area contributed by atoms with Crippen LogP contribution in [0.5, 0.6) is 5.75 Å². The van der Waals surface area contributed by atoms with E-state index in [1.54, 1.807) is 4.31 Å². The normalized spacial score (nSPS) is 15.5. The minimum Gasteiger partial charge on any atom is -0.494 e. The van der Waals surface area contributed by atoms with Crippen LogP contribution < -0.4 is 4.74 Å². The summed E-state index contributed by atoms with van der Waals surface area (Å²) in [6.45, 7) is 3.56. The zero-order chi connectivity index (χ0) is 24.3. The number of aryl methyl sites for hydroxylation is 1. The summed E-state index contributed by atoms with van der Waals surface area (Å²) in [5, 5.41) is 1.24. The predicted molar refractivity (Wildman–Crippen MR) is 142 cm³/mol. The van der Waals surface area contributed by atoms with E-state index in [0.29, 0.717) is 32.0 Å². The number of aromatic amines is 1. The number of fused-ring (bicyclic) bond motifs is 1. The lowest BCUT2D eigenvalue weighted by Crippen LogP contribution is -2.39. The molecule has 0 radical (unpaired) electrons. The van der Waals surface area contributed by atoms with Gasteiger partial charge in [-0.1, -0.05) is 54.1 Å². The van der Waals surface area contributed by atoms with Gasteiger partial charge in [0.25, 0.3) is 0 Å². The monoisotopic (exact) mass is 488 g/mol. The molecule has 0 amide bonds. The van der Waals surface area contributed by atoms with Gasteiger partial charge in [-0.2, -0.15) is 0 Å². The quantitative estimate of drug-likeness (QED) is 0.304. The highest BCUT2D eigenvalue weighted by molar-refractivity contribution is 7.89. The Morgan fingerprint density at radius 3 is 2.43 bits per heavy atom. The van der Waals surface area contributed by atoms with Crippen LogP contribution in [0.4, 0.5) is 0 Å². The largest absolute Gasteiger partial charge is 0.494 e. The number of nitrogens with zero attached hydrogens (tertiary/aromatic N) is 1. The topological polar surface area (TPSA) is 62.4 Å². The summed E-state index contributed by atoms with van der Waals surface area (Å²) in [6.07, 6.45) is 4.26. The van der Waals surface area contributed by atoms with Crippen molar-refractivity contribution in [3.63, 3.8) is 0 Å². The molecule has 6 heteroatoms. The summed E-state index contributed by atoms with van der Waals surface area (Å²) in [5.74, 6) is 1.26. The van der Waals surface area contributed by atoms with Crippen molar-refractivity contribution in [2.45, 2.75) is 32.1 Å². The van der Waals surface area contributed by atoms with E-state index in [2.05, 4.69) is 53.6 Å². The van der Waals surface area contributed by atoms with Gasteiger partial charge in [-0.25, -0.2) is 12.7 Å². The third kappa shape index (κ3) is 5.44. The van der Waals surface area contributed by atoms with Crippen molar-refractivity contribution in [3.05, 3.63) is 90.1 Å². The molecule has 1 saturated heterocycles. The van der Waals surface area contributed by atoms with Gasteiger partial charge in [0.05, 0.1) is 12.4 Å². The van der Waals surface area contributed by atoms with E-state index >= 15 is 0 Å². The number of ether oxygens (including phenoxy) is 1. The molecule has 3 aromatic carbocycles. The summed E-state index contributed by atoms with van der Waals surface area (Å²) < 4.78 is 33.2. The maximum absolute atomic E-state index is 12.9. The number of hydrogen-bond acceptors (Lipinski definition) is 3. The second-order valence-corrected chi connectivity index (χ2v) is 11.5. The van der Waals surface area contributed by atoms with E-state index < -0.39 is 10.0 Å². The molecular weight excluding hydrogens is 456 g/mol. The van der Waals surface area contributed by atoms with Crippen molar-refractivity contribution in [2.75, 3.05) is 25.4 Å². The van der Waals surface area contributed by atoms with Gasteiger partial charge in [-0.05, 0) is 73.1 Å². The second-order valence-electron chi connectivity index (χ2n) is 9.37. The van der Waals surface area contributed by atoms with Crippen molar-refractivity contribution in [1.82, 2.24) is 9.29 Å². The highest BCUT2D eigenvalue weighted by atomic mass is 32.2. The van der Waals surface area contributed by atoms with E-state index in [9.17, 15) is 8.42 Å². The third-order valence-corrected chi connectivity index (χ3v) is 8.90. The molecule has 5 nitrogen and oxygen atoms in total. The number of H-pyrrole nitrogens is 1. The Kier molecular flexibility index (Phi) is 6.93. The van der Waals surface area contributed by atoms with Gasteiger partial charge in [0.15, 0.2) is 0 Å². The molecule has 5 rings (SSSR count). The summed E-state index contributed by atoms with van der Waals surface area (Å²) in [6, 6.07) is 24.8. The molecule has 0 saturated carbocycles. The molecule has 1 aliphatic heterocycles. The number of hydrogen-bond donors (Lipinski definition) is 1. The minimum atomic E-state index is -3.28. The van der Waals surface area contributed by atoms with Crippen LogP contribution in [0.25, 0.3) is 22.0 Å². The smallest absolute Gasteiger partial charge is 0.214 e. The molecule has 182 valence electrons. The van der Waals surface area contributed by atoms with Gasteiger partial charge in [0.2, 0.25) is 10.0 Å². The van der Waals surface area contributed by atoms with Gasteiger partial charge in [0, 0.05) is 30.2 Å². The van der Waals surface area contributed by atoms with Crippen LogP contribution in [0.2, 0.25) is 0 Å². The van der Waals surface area contributed by atoms with E-state index in [1.807, 2.05) is 37.3 Å². The molecule has 1 aliphatic rings. The first kappa shape index (κ1) is 23.6. The van der Waals surface area contributed by atoms with Crippen LogP contribution in [0.1, 0.15) is 36.3 Å². The Morgan fingerprint density at radius 2 is 1.69 bits per heavy atom. The fraction of sp³-hybridized carbons (Fsp3) is 0.310. The number of nitrogens with one attached hydrogen (secondary N) is 1. The summed E-state index contributed by atoms with van der Waals surface area (Å²) >= 11 is 0. The van der Waals surface area contributed by atoms with Gasteiger partial charge in [-0.15, -0.1) is 0 Å². The molecule has 0 bridgehead atoms. The molecule has 0 spiro atoms. The Bertz CT molecular complexity index is 1370. The summed E-state index contributed by atoms with van der Waals surface area (Å²) in [5.41, 5.74) is 6.00. The van der Waals surface area contributed by atoms with Crippen molar-refractivity contribution in [2.24, 2.45) is 0 Å². The van der Waals surface area contributed by atoms with Gasteiger partial charge in [0.1, 0.15) is 5.75 Å². The number of sulfonamides is 1. The van der Waals surface area contributed by atoms with E-state index in [4.69, 9.17) is 4.74 Å². The number of benzene rings is 3. The summed E-state index contributed by atoms with van der Waals surface area (Å²) in [7, 11) is -3.28. The Morgan fingerprint density at radius 1 is 0.943 bits per heavy atom. The zero-order valence-electron chi connectivity index (χ0n) is 20.1. The van der Waals surface area contributed by atoms with Crippen molar-refractivity contribution in [1.29, 1.82) is 0 Å². The molecule has 0 atom stereocenters. The fourth-order valence-electron chi connectivity index (χ4n) is 4.93. The van der Waals surface area contributed by atoms with Gasteiger partial charge < -0.3 is 9.72 Å². The van der Waals surface area contributed by atoms with Gasteiger partial charge in [-0.3, -0.25) is 0 Å². The minimum absolute atomic E-state index is 0.122. The van der Waals surface area contributed by atoms with E-state index in [0.717, 1.165) is 24.1 Å². The molecule has 35 heavy (non-hydrogen) atoms. The Hall–Kier alpha value is -3.09. The first-order valence-electron chi connectivity index (χ1n) is 12.3. The van der Waals surface area contributed by atoms with Crippen LogP contribution >= 0.6 is 0 Å². The second kappa shape index (κ2) is 10.3. The predicted octanol–water partition coefficient (Wildman–Crippen LogP) is 6.12. The number of aromatic nitrogens is 1. The molecule has 2 heterocycles. The maximum Gasteiger partial charge on any atom is 0.214 e. The van der Waals surface area contributed by atoms with Crippen LogP contribution in [0, 0.1) is 6.92 Å². The van der Waals surface area contributed by atoms with Crippen molar-refractivity contribution in [3.8, 4) is 16.9 Å². The first-order valence-corrected chi connectivity index (χ1v) is 13.9. The Balaban J connectivity index is 1.18. The molecule has 1 N–H and O–H groups in total. The number of piperidine rings is 1. The highest BCUT2D eigenvalue weighted by Crippen LogP contribution is 2.35. The van der Waals surface area contributed by atoms with Crippen molar-refractivity contribution >= 4 is 20.9 Å². The average molecular weight is 489 g/mol. The third-order valence-electron chi connectivity index (χ3n) is 6.94. The zero-order valence-corrected chi connectivity index (χ0v) is 20.9. The van der Waals surface area contributed by atoms with Gasteiger partial charge >= 0.3 is 0 Å². The standard InChI is InChI=1S/C29H32N2O3S/c1-22-8-11-26(12-9-22)34-18-5-19-35(32,33)31-16-14-24(15-17-31)28-21-30-29-13-10-25(20-27(28)29)23-6-3-2-4-7-23/h2-4,6-13,20-21,24,30H,5,14-19H2,1H3. The van der Waals surface area contributed by atoms with E-state index in [-0.39, 0.29) is 5.75 Å². The highest BCUT2D eigenvalue weighted by Gasteiger charge is 2.29. The van der Waals surface area contributed by atoms with E-state index in [1.165, 1.54) is 27.6 Å². The van der Waals surface area contributed by atoms with Crippen LogP contribution in [0.15, 0.2) is 79.0 Å². The molecule has 0 unspecified atom stereocenters. The van der Waals surface area contributed by atoms with Crippen LogP contribution in [-0.4, -0.2) is 43.2 Å². The van der Waals surface area contributed by atoms with Crippen LogP contribution in [0.3, 0.4) is 0 Å². The SMILES string of the molecule is Cc1ccc(OCCCS(=O)(=O)N2CCC(c3c[nH]c4ccc(-c5ccccc5)cc34)CC2)cc1. The summed E-state index contributed by atoms with van der Waals surface area (Å²) in [4.78, 5) is 3.41. The lowest BCUT2D eigenvalue weighted by molar-refractivity contribution is 0.306. The molecule has 1 aromatic heterocycles. The fourth-order valence-corrected chi connectivity index (χ4v) is 6.44. The molecular formula is C29H32N2O3S.